The van der Waals surface area contributed by atoms with Crippen LogP contribution in [0.4, 0.5) is 0 Å². The van der Waals surface area contributed by atoms with Crippen molar-refractivity contribution >= 4 is 11.8 Å². The maximum Gasteiger partial charge on any atom is 0.0155 e. The van der Waals surface area contributed by atoms with Crippen molar-refractivity contribution in [1.82, 2.24) is 10.2 Å². The topological polar surface area (TPSA) is 15.3 Å². The standard InChI is InChI=1S/C14H32N2S/c1-7-9-14(4,11-15-8-2)12-16(5)13(3)10-17-6/h13,15H,7-12H2,1-6H3. The monoisotopic (exact) mass is 260 g/mol. The van der Waals surface area contributed by atoms with Gasteiger partial charge in [-0.2, -0.15) is 11.8 Å². The van der Waals surface area contributed by atoms with Crippen LogP contribution in [-0.2, 0) is 0 Å². The summed E-state index contributed by atoms with van der Waals surface area (Å²) in [6.07, 6.45) is 4.76. The average Bonchev–Trinajstić information content (AvgIpc) is 2.27. The molecule has 0 aromatic carbocycles. The molecule has 0 aliphatic heterocycles. The second-order valence-corrected chi connectivity index (χ2v) is 6.47. The third-order valence-corrected chi connectivity index (χ3v) is 4.26. The van der Waals surface area contributed by atoms with E-state index in [-0.39, 0.29) is 0 Å². The summed E-state index contributed by atoms with van der Waals surface area (Å²) < 4.78 is 0. The van der Waals surface area contributed by atoms with E-state index in [0.29, 0.717) is 11.5 Å². The number of rotatable bonds is 10. The molecular formula is C14H32N2S. The third kappa shape index (κ3) is 7.32. The van der Waals surface area contributed by atoms with Gasteiger partial charge in [-0.3, -0.25) is 0 Å². The van der Waals surface area contributed by atoms with Gasteiger partial charge in [-0.15, -0.1) is 0 Å². The van der Waals surface area contributed by atoms with E-state index < -0.39 is 0 Å². The van der Waals surface area contributed by atoms with Crippen LogP contribution in [0.2, 0.25) is 0 Å². The van der Waals surface area contributed by atoms with Gasteiger partial charge in [0.25, 0.3) is 0 Å². The van der Waals surface area contributed by atoms with Crippen molar-refractivity contribution in [1.29, 1.82) is 0 Å². The number of nitrogens with one attached hydrogen (secondary N) is 1. The zero-order chi connectivity index (χ0) is 13.3. The summed E-state index contributed by atoms with van der Waals surface area (Å²) in [4.78, 5) is 2.52. The minimum Gasteiger partial charge on any atom is -0.316 e. The number of thioether (sulfide) groups is 1. The maximum absolute atomic E-state index is 3.52. The van der Waals surface area contributed by atoms with Crippen molar-refractivity contribution in [2.75, 3.05) is 38.7 Å². The minimum atomic E-state index is 0.409. The van der Waals surface area contributed by atoms with Gasteiger partial charge in [0.15, 0.2) is 0 Å². The molecule has 1 N–H and O–H groups in total. The van der Waals surface area contributed by atoms with E-state index >= 15 is 0 Å². The Labute approximate surface area is 113 Å². The van der Waals surface area contributed by atoms with Gasteiger partial charge in [-0.05, 0) is 38.6 Å². The van der Waals surface area contributed by atoms with Gasteiger partial charge in [-0.25, -0.2) is 0 Å². The molecule has 0 aliphatic carbocycles. The molecule has 0 radical (unpaired) electrons. The molecule has 0 aromatic rings. The number of nitrogens with zero attached hydrogens (tertiary/aromatic N) is 1. The summed E-state index contributed by atoms with van der Waals surface area (Å²) in [7, 11) is 2.26. The summed E-state index contributed by atoms with van der Waals surface area (Å²) in [5.41, 5.74) is 0.409. The van der Waals surface area contributed by atoms with E-state index in [2.05, 4.69) is 51.2 Å². The van der Waals surface area contributed by atoms with Gasteiger partial charge >= 0.3 is 0 Å². The average molecular weight is 260 g/mol. The lowest BCUT2D eigenvalue weighted by Crippen LogP contribution is -2.44. The largest absolute Gasteiger partial charge is 0.316 e. The lowest BCUT2D eigenvalue weighted by Gasteiger charge is -2.36. The molecule has 0 spiro atoms. The summed E-state index contributed by atoms with van der Waals surface area (Å²) in [6, 6.07) is 0.669. The SMILES string of the molecule is CCCC(C)(CNCC)CN(C)C(C)CSC. The molecule has 2 atom stereocenters. The summed E-state index contributed by atoms with van der Waals surface area (Å²) in [6.45, 7) is 12.6. The van der Waals surface area contributed by atoms with Crippen LogP contribution in [0, 0.1) is 5.41 Å². The second kappa shape index (κ2) is 9.23. The number of hydrogen-bond acceptors (Lipinski definition) is 3. The lowest BCUT2D eigenvalue weighted by molar-refractivity contribution is 0.151. The first kappa shape index (κ1) is 17.3. The van der Waals surface area contributed by atoms with Crippen molar-refractivity contribution in [3.8, 4) is 0 Å². The van der Waals surface area contributed by atoms with Crippen molar-refractivity contribution in [3.05, 3.63) is 0 Å². The van der Waals surface area contributed by atoms with Crippen LogP contribution in [0.1, 0.15) is 40.5 Å². The summed E-state index contributed by atoms with van der Waals surface area (Å²) >= 11 is 1.94. The first-order chi connectivity index (χ1) is 7.99. The Morgan fingerprint density at radius 3 is 2.47 bits per heavy atom. The smallest absolute Gasteiger partial charge is 0.0155 e. The van der Waals surface area contributed by atoms with Crippen LogP contribution in [0.5, 0.6) is 0 Å². The van der Waals surface area contributed by atoms with Gasteiger partial charge in [0.05, 0.1) is 0 Å². The highest BCUT2D eigenvalue weighted by molar-refractivity contribution is 7.98. The molecule has 17 heavy (non-hydrogen) atoms. The predicted octanol–water partition coefficient (Wildman–Crippen LogP) is 3.09. The normalized spacial score (nSPS) is 17.1. The van der Waals surface area contributed by atoms with E-state index in [0.717, 1.165) is 13.1 Å². The highest BCUT2D eigenvalue weighted by Gasteiger charge is 2.26. The molecule has 2 nitrogen and oxygen atoms in total. The molecule has 0 bridgehead atoms. The van der Waals surface area contributed by atoms with E-state index in [4.69, 9.17) is 0 Å². The molecule has 3 heteroatoms. The Bertz CT molecular complexity index is 187. The van der Waals surface area contributed by atoms with Crippen LogP contribution in [0.25, 0.3) is 0 Å². The summed E-state index contributed by atoms with van der Waals surface area (Å²) in [5, 5.41) is 3.52. The fourth-order valence-electron chi connectivity index (χ4n) is 2.38. The maximum atomic E-state index is 3.52. The van der Waals surface area contributed by atoms with Crippen molar-refractivity contribution in [2.24, 2.45) is 5.41 Å². The first-order valence-corrected chi connectivity index (χ1v) is 8.28. The Morgan fingerprint density at radius 1 is 1.35 bits per heavy atom. The third-order valence-electron chi connectivity index (χ3n) is 3.45. The molecule has 0 rings (SSSR count). The van der Waals surface area contributed by atoms with Crippen LogP contribution in [0.3, 0.4) is 0 Å². The highest BCUT2D eigenvalue weighted by atomic mass is 32.2. The van der Waals surface area contributed by atoms with Gasteiger partial charge in [0.2, 0.25) is 0 Å². The highest BCUT2D eigenvalue weighted by Crippen LogP contribution is 2.24. The molecule has 2 unspecified atom stereocenters. The van der Waals surface area contributed by atoms with E-state index in [1.54, 1.807) is 0 Å². The Balaban J connectivity index is 4.30. The van der Waals surface area contributed by atoms with Gasteiger partial charge in [-0.1, -0.05) is 27.2 Å². The van der Waals surface area contributed by atoms with E-state index in [1.165, 1.54) is 25.1 Å². The molecule has 0 fully saturated rings. The molecule has 0 saturated heterocycles. The van der Waals surface area contributed by atoms with Crippen LogP contribution in [-0.4, -0.2) is 49.6 Å². The predicted molar refractivity (Wildman–Crippen MR) is 82.0 cm³/mol. The quantitative estimate of drug-likeness (QED) is 0.650. The summed E-state index contributed by atoms with van der Waals surface area (Å²) in [5.74, 6) is 1.22. The molecule has 0 heterocycles. The lowest BCUT2D eigenvalue weighted by atomic mass is 9.84. The van der Waals surface area contributed by atoms with Crippen LogP contribution < -0.4 is 5.32 Å². The fourth-order valence-corrected chi connectivity index (χ4v) is 3.12. The van der Waals surface area contributed by atoms with Gasteiger partial charge in [0, 0.05) is 24.9 Å². The van der Waals surface area contributed by atoms with Gasteiger partial charge < -0.3 is 10.2 Å². The molecular weight excluding hydrogens is 228 g/mol. The van der Waals surface area contributed by atoms with Crippen molar-refractivity contribution < 1.29 is 0 Å². The van der Waals surface area contributed by atoms with Crippen molar-refractivity contribution in [2.45, 2.75) is 46.6 Å². The van der Waals surface area contributed by atoms with E-state index in [1.807, 2.05) is 11.8 Å². The Kier molecular flexibility index (Phi) is 9.38. The zero-order valence-electron chi connectivity index (χ0n) is 12.7. The minimum absolute atomic E-state index is 0.409. The van der Waals surface area contributed by atoms with E-state index in [9.17, 15) is 0 Å². The Hall–Kier alpha value is 0.270. The zero-order valence-corrected chi connectivity index (χ0v) is 13.5. The fraction of sp³-hybridized carbons (Fsp3) is 1.00. The van der Waals surface area contributed by atoms with Crippen LogP contribution in [0.15, 0.2) is 0 Å². The molecule has 0 amide bonds. The molecule has 0 aliphatic rings. The molecule has 104 valence electrons. The van der Waals surface area contributed by atoms with Crippen molar-refractivity contribution in [3.63, 3.8) is 0 Å². The molecule has 0 saturated carbocycles. The first-order valence-electron chi connectivity index (χ1n) is 6.89. The second-order valence-electron chi connectivity index (χ2n) is 5.56. The van der Waals surface area contributed by atoms with Gasteiger partial charge in [0.1, 0.15) is 0 Å². The molecule has 0 aromatic heterocycles. The Morgan fingerprint density at radius 2 is 2.00 bits per heavy atom. The number of hydrogen-bond donors (Lipinski definition) is 1. The van der Waals surface area contributed by atoms with Crippen LogP contribution >= 0.6 is 11.8 Å².